The Morgan fingerprint density at radius 1 is 0.672 bits per heavy atom. The standard InChI is InChI=1S/C43H68O18/c1-18-6-11-43(54-17-18)14-24-25(61-43)13-23-21-5-4-19-12-20(7-9-41(19,2)22(21)8-10-42(23,24)3)55-40-36(59-39-33(51)30(48)31(49)37(53)60-39)34(52)35(27(16-45)57-40)58-38-32(50)29(47)28(46)26(15-44)56-38/h4,18,20-40,44-53H,5-17H2,1-3H3/t18-,20?,21-,22+,23?,24-,25-,26?,27?,28-,29?,30?,31-,32?,33?,34?,35-,36?,37?,38+,39-,40-,41+,42+,43-/m1/s1. The molecule has 1 spiro atoms. The molecular weight excluding hydrogens is 804 g/mol. The lowest BCUT2D eigenvalue weighted by Gasteiger charge is -2.58. The third kappa shape index (κ3) is 7.68. The number of aliphatic hydroxyl groups excluding tert-OH is 10. The number of hydrogen-bond acceptors (Lipinski definition) is 18. The van der Waals surface area contributed by atoms with E-state index in [0.717, 1.165) is 58.0 Å². The number of hydrogen-bond donors (Lipinski definition) is 10. The van der Waals surface area contributed by atoms with Gasteiger partial charge in [-0.3, -0.25) is 0 Å². The second kappa shape index (κ2) is 17.0. The summed E-state index contributed by atoms with van der Waals surface area (Å²) in [5.41, 5.74) is 1.45. The minimum absolute atomic E-state index is 0.0551. The molecule has 0 radical (unpaired) electrons. The summed E-state index contributed by atoms with van der Waals surface area (Å²) in [5.74, 6) is 2.24. The maximum absolute atomic E-state index is 11.9. The zero-order valence-corrected chi connectivity index (χ0v) is 35.2. The van der Waals surface area contributed by atoms with Gasteiger partial charge in [-0.25, -0.2) is 0 Å². The highest BCUT2D eigenvalue weighted by atomic mass is 16.8. The van der Waals surface area contributed by atoms with E-state index in [2.05, 4.69) is 26.8 Å². The molecule has 3 saturated carbocycles. The van der Waals surface area contributed by atoms with E-state index in [1.165, 1.54) is 5.57 Å². The van der Waals surface area contributed by atoms with Gasteiger partial charge in [-0.1, -0.05) is 32.4 Å². The molecule has 5 saturated heterocycles. The molecule has 5 aliphatic heterocycles. The Morgan fingerprint density at radius 3 is 2.07 bits per heavy atom. The van der Waals surface area contributed by atoms with Crippen LogP contribution in [0.15, 0.2) is 11.6 Å². The van der Waals surface area contributed by atoms with Gasteiger partial charge in [0.25, 0.3) is 0 Å². The van der Waals surface area contributed by atoms with Crippen molar-refractivity contribution in [2.24, 2.45) is 40.4 Å². The molecule has 348 valence electrons. The van der Waals surface area contributed by atoms with Crippen LogP contribution in [0.5, 0.6) is 0 Å². The largest absolute Gasteiger partial charge is 0.394 e. The Balaban J connectivity index is 0.912. The number of rotatable bonds is 8. The molecule has 18 nitrogen and oxygen atoms in total. The molecule has 11 unspecified atom stereocenters. The fourth-order valence-electron chi connectivity index (χ4n) is 13.2. The highest BCUT2D eigenvalue weighted by Crippen LogP contribution is 2.69. The highest BCUT2D eigenvalue weighted by molar-refractivity contribution is 5.26. The molecule has 0 bridgehead atoms. The van der Waals surface area contributed by atoms with Crippen LogP contribution < -0.4 is 0 Å². The molecule has 61 heavy (non-hydrogen) atoms. The van der Waals surface area contributed by atoms with Gasteiger partial charge in [-0.05, 0) is 91.8 Å². The van der Waals surface area contributed by atoms with E-state index in [0.29, 0.717) is 42.4 Å². The Labute approximate surface area is 355 Å². The average Bonchev–Trinajstić information content (AvgIpc) is 3.74. The lowest BCUT2D eigenvalue weighted by Crippen LogP contribution is -2.67. The molecule has 9 rings (SSSR count). The summed E-state index contributed by atoms with van der Waals surface area (Å²) in [6, 6.07) is 0. The second-order valence-corrected chi connectivity index (χ2v) is 20.4. The van der Waals surface area contributed by atoms with Gasteiger partial charge in [-0.15, -0.1) is 0 Å². The molecule has 0 aromatic carbocycles. The maximum Gasteiger partial charge on any atom is 0.189 e. The summed E-state index contributed by atoms with van der Waals surface area (Å²) in [7, 11) is 0. The Hall–Kier alpha value is -0.980. The first-order chi connectivity index (χ1) is 29.0. The van der Waals surface area contributed by atoms with Gasteiger partial charge in [0.15, 0.2) is 30.9 Å². The maximum atomic E-state index is 11.9. The molecule has 0 amide bonds. The molecule has 18 heteroatoms. The summed E-state index contributed by atoms with van der Waals surface area (Å²) in [6.45, 7) is 6.44. The summed E-state index contributed by atoms with van der Waals surface area (Å²) in [6.07, 6.45) is -13.9. The molecule has 0 aromatic rings. The van der Waals surface area contributed by atoms with Crippen LogP contribution in [-0.2, 0) is 37.9 Å². The van der Waals surface area contributed by atoms with Crippen LogP contribution in [0.1, 0.15) is 85.0 Å². The molecule has 10 N–H and O–H groups in total. The van der Waals surface area contributed by atoms with Crippen molar-refractivity contribution in [1.29, 1.82) is 0 Å². The summed E-state index contributed by atoms with van der Waals surface area (Å²) in [5, 5.41) is 105. The minimum Gasteiger partial charge on any atom is -0.394 e. The van der Waals surface area contributed by atoms with Crippen molar-refractivity contribution in [3.63, 3.8) is 0 Å². The molecule has 8 fully saturated rings. The van der Waals surface area contributed by atoms with Gasteiger partial charge in [0.05, 0.1) is 32.0 Å². The van der Waals surface area contributed by atoms with Crippen molar-refractivity contribution in [2.45, 2.75) is 195 Å². The van der Waals surface area contributed by atoms with E-state index >= 15 is 0 Å². The van der Waals surface area contributed by atoms with E-state index < -0.39 is 117 Å². The van der Waals surface area contributed by atoms with Gasteiger partial charge in [0, 0.05) is 12.8 Å². The van der Waals surface area contributed by atoms with Gasteiger partial charge in [0.2, 0.25) is 0 Å². The lowest BCUT2D eigenvalue weighted by molar-refractivity contribution is -0.400. The molecular formula is C43H68O18. The predicted molar refractivity (Wildman–Crippen MR) is 206 cm³/mol. The van der Waals surface area contributed by atoms with Gasteiger partial charge in [0.1, 0.15) is 67.1 Å². The van der Waals surface area contributed by atoms with Crippen LogP contribution in [0.2, 0.25) is 0 Å². The first-order valence-electron chi connectivity index (χ1n) is 22.6. The fourth-order valence-corrected chi connectivity index (χ4v) is 13.2. The monoisotopic (exact) mass is 872 g/mol. The van der Waals surface area contributed by atoms with Crippen LogP contribution in [-0.4, -0.2) is 181 Å². The smallest absolute Gasteiger partial charge is 0.189 e. The summed E-state index contributed by atoms with van der Waals surface area (Å²) >= 11 is 0. The van der Waals surface area contributed by atoms with E-state index in [-0.39, 0.29) is 16.9 Å². The van der Waals surface area contributed by atoms with E-state index in [4.69, 9.17) is 37.9 Å². The minimum atomic E-state index is -1.96. The van der Waals surface area contributed by atoms with Crippen molar-refractivity contribution in [3.05, 3.63) is 11.6 Å². The van der Waals surface area contributed by atoms with Crippen LogP contribution in [0.25, 0.3) is 0 Å². The van der Waals surface area contributed by atoms with Crippen molar-refractivity contribution < 1.29 is 89.0 Å². The number of fused-ring (bicyclic) bond motifs is 7. The highest BCUT2D eigenvalue weighted by Gasteiger charge is 2.66. The Bertz CT molecular complexity index is 1580. The quantitative estimate of drug-likeness (QED) is 0.130. The topological polar surface area (TPSA) is 276 Å². The normalized spacial score (nSPS) is 57.2. The molecule has 25 atom stereocenters. The first-order valence-corrected chi connectivity index (χ1v) is 22.6. The van der Waals surface area contributed by atoms with Crippen molar-refractivity contribution in [3.8, 4) is 0 Å². The third-order valence-electron chi connectivity index (χ3n) is 16.9. The van der Waals surface area contributed by atoms with E-state index in [1.807, 2.05) is 0 Å². The van der Waals surface area contributed by atoms with Crippen LogP contribution in [0.4, 0.5) is 0 Å². The summed E-state index contributed by atoms with van der Waals surface area (Å²) in [4.78, 5) is 0. The Kier molecular flexibility index (Phi) is 12.6. The predicted octanol–water partition coefficient (Wildman–Crippen LogP) is -1.10. The molecule has 4 aliphatic carbocycles. The zero-order chi connectivity index (χ0) is 43.3. The van der Waals surface area contributed by atoms with Crippen molar-refractivity contribution >= 4 is 0 Å². The molecule has 5 heterocycles. The average molecular weight is 873 g/mol. The lowest BCUT2D eigenvalue weighted by atomic mass is 9.47. The van der Waals surface area contributed by atoms with E-state index in [9.17, 15) is 51.1 Å². The van der Waals surface area contributed by atoms with Gasteiger partial charge < -0.3 is 89.0 Å². The van der Waals surface area contributed by atoms with Crippen LogP contribution in [0, 0.1) is 40.4 Å². The van der Waals surface area contributed by atoms with Gasteiger partial charge in [-0.2, -0.15) is 0 Å². The second-order valence-electron chi connectivity index (χ2n) is 20.4. The SMILES string of the molecule is C[C@@H]1CC[C@@]2(C[C@@H]3[C@@H](CC4[C@@H]5CC=C6CC(O[C@@H]7OC(CO)[C@@H](O[C@@H]8OC(CO)[C@@H](O)C(O)C8O)C(O)C7O[C@@H]7OC(O)[C@H](O)C(O)C7O)CC[C@]6(C)[C@H]5CC[C@@]43C)O2)OC1. The van der Waals surface area contributed by atoms with Crippen LogP contribution in [0.3, 0.4) is 0 Å². The van der Waals surface area contributed by atoms with Crippen molar-refractivity contribution in [2.75, 3.05) is 19.8 Å². The number of aliphatic hydroxyl groups is 10. The Morgan fingerprint density at radius 2 is 1.36 bits per heavy atom. The van der Waals surface area contributed by atoms with E-state index in [1.54, 1.807) is 0 Å². The van der Waals surface area contributed by atoms with Gasteiger partial charge >= 0.3 is 0 Å². The third-order valence-corrected chi connectivity index (χ3v) is 16.9. The molecule has 9 aliphatic rings. The summed E-state index contributed by atoms with van der Waals surface area (Å²) < 4.78 is 48.8. The fraction of sp³-hybridized carbons (Fsp3) is 0.953. The number of allylic oxidation sites excluding steroid dienone is 1. The number of ether oxygens (including phenoxy) is 8. The van der Waals surface area contributed by atoms with Crippen LogP contribution >= 0.6 is 0 Å². The van der Waals surface area contributed by atoms with Crippen molar-refractivity contribution in [1.82, 2.24) is 0 Å². The molecule has 0 aromatic heterocycles. The zero-order valence-electron chi connectivity index (χ0n) is 35.2. The first kappa shape index (κ1) is 45.2.